The van der Waals surface area contributed by atoms with Crippen molar-refractivity contribution in [3.63, 3.8) is 0 Å². The number of aromatic hydroxyl groups is 1. The molecule has 3 fully saturated rings. The van der Waals surface area contributed by atoms with Gasteiger partial charge in [-0.25, -0.2) is 0 Å². The molecular weight excluding hydrogens is 514 g/mol. The van der Waals surface area contributed by atoms with E-state index >= 15 is 0 Å². The molecule has 2 bridgehead atoms. The molecule has 8 rings (SSSR count). The number of carbonyl (C=O) groups excluding carboxylic acids is 1. The molecule has 8 heteroatoms. The van der Waals surface area contributed by atoms with Gasteiger partial charge in [0.25, 0.3) is 0 Å². The molecule has 1 aromatic heterocycles. The van der Waals surface area contributed by atoms with Crippen molar-refractivity contribution in [3.8, 4) is 11.5 Å². The van der Waals surface area contributed by atoms with E-state index in [1.54, 1.807) is 6.07 Å². The van der Waals surface area contributed by atoms with Gasteiger partial charge in [0, 0.05) is 41.7 Å². The lowest BCUT2D eigenvalue weighted by atomic mass is 9.48. The Morgan fingerprint density at radius 2 is 2.00 bits per heavy atom. The molecule has 3 aliphatic carbocycles. The van der Waals surface area contributed by atoms with Crippen molar-refractivity contribution in [3.05, 3.63) is 59.3 Å². The molecule has 1 spiro atoms. The molecular formula is C31H36ClN3O4. The molecule has 206 valence electrons. The van der Waals surface area contributed by atoms with Gasteiger partial charge in [-0.05, 0) is 80.7 Å². The van der Waals surface area contributed by atoms with Crippen molar-refractivity contribution in [1.82, 2.24) is 15.2 Å². The smallest absolute Gasteiger partial charge is 0.220 e. The highest BCUT2D eigenvalue weighted by Gasteiger charge is 2.73. The number of benzene rings is 2. The van der Waals surface area contributed by atoms with Crippen molar-refractivity contribution in [2.75, 3.05) is 13.1 Å². The fourth-order valence-corrected chi connectivity index (χ4v) is 8.49. The molecule has 0 unspecified atom stereocenters. The summed E-state index contributed by atoms with van der Waals surface area (Å²) >= 11 is 0. The molecule has 3 heterocycles. The fraction of sp³-hybridized carbons (Fsp3) is 0.516. The third-order valence-electron chi connectivity index (χ3n) is 10.4. The van der Waals surface area contributed by atoms with Crippen molar-refractivity contribution in [2.24, 2.45) is 5.92 Å². The summed E-state index contributed by atoms with van der Waals surface area (Å²) in [4.78, 5) is 19.1. The number of hydrogen-bond acceptors (Lipinski definition) is 5. The van der Waals surface area contributed by atoms with Crippen LogP contribution in [0.15, 0.2) is 42.6 Å². The summed E-state index contributed by atoms with van der Waals surface area (Å²) in [6, 6.07) is 11.8. The predicted molar refractivity (Wildman–Crippen MR) is 151 cm³/mol. The van der Waals surface area contributed by atoms with Gasteiger partial charge in [-0.2, -0.15) is 0 Å². The van der Waals surface area contributed by atoms with Crippen LogP contribution in [0.4, 0.5) is 0 Å². The van der Waals surface area contributed by atoms with E-state index in [4.69, 9.17) is 4.74 Å². The predicted octanol–water partition coefficient (Wildman–Crippen LogP) is 3.98. The van der Waals surface area contributed by atoms with Crippen LogP contribution in [0.1, 0.15) is 55.2 Å². The van der Waals surface area contributed by atoms with Crippen molar-refractivity contribution in [2.45, 2.75) is 80.6 Å². The van der Waals surface area contributed by atoms with Crippen LogP contribution in [-0.2, 0) is 23.1 Å². The Bertz CT molecular complexity index is 1450. The topological polar surface area (TPSA) is 97.8 Å². The minimum atomic E-state index is -0.928. The Hall–Kier alpha value is -2.74. The van der Waals surface area contributed by atoms with Crippen LogP contribution in [0.3, 0.4) is 0 Å². The summed E-state index contributed by atoms with van der Waals surface area (Å²) in [5, 5.41) is 27.8. The van der Waals surface area contributed by atoms with Gasteiger partial charge >= 0.3 is 0 Å². The summed E-state index contributed by atoms with van der Waals surface area (Å²) in [5.74, 6) is 1.43. The number of ether oxygens (including phenoxy) is 1. The van der Waals surface area contributed by atoms with Gasteiger partial charge in [0.05, 0.1) is 17.1 Å². The summed E-state index contributed by atoms with van der Waals surface area (Å²) in [5.41, 5.74) is 2.88. The molecule has 5 aliphatic rings. The largest absolute Gasteiger partial charge is 0.504 e. The number of phenols is 1. The second kappa shape index (κ2) is 8.88. The number of amides is 1. The van der Waals surface area contributed by atoms with Crippen LogP contribution in [-0.4, -0.2) is 62.9 Å². The van der Waals surface area contributed by atoms with E-state index in [-0.39, 0.29) is 42.3 Å². The SMILES string of the molecule is Cl.O=C(CCc1c[nH]c2ccccc12)N[C@H]1CC[C@@]2(O)[C@H]3Cc4ccc(O)c5c4[C@@]2(CCN3CC2CC2)[C@H]1O5. The Balaban J connectivity index is 0.00000253. The van der Waals surface area contributed by atoms with Gasteiger partial charge in [0.2, 0.25) is 5.91 Å². The number of carbonyl (C=O) groups is 1. The average molecular weight is 550 g/mol. The zero-order chi connectivity index (χ0) is 25.6. The number of aryl methyl sites for hydroxylation is 1. The number of aromatic amines is 1. The molecule has 7 nitrogen and oxygen atoms in total. The fourth-order valence-electron chi connectivity index (χ4n) is 8.49. The van der Waals surface area contributed by atoms with Gasteiger partial charge in [-0.15, -0.1) is 12.4 Å². The van der Waals surface area contributed by atoms with Crippen LogP contribution in [0.25, 0.3) is 10.9 Å². The first-order chi connectivity index (χ1) is 18.5. The van der Waals surface area contributed by atoms with Crippen LogP contribution in [0.2, 0.25) is 0 Å². The van der Waals surface area contributed by atoms with Crippen LogP contribution < -0.4 is 10.1 Å². The van der Waals surface area contributed by atoms with E-state index in [9.17, 15) is 15.0 Å². The molecule has 2 saturated carbocycles. The lowest BCUT2D eigenvalue weighted by Crippen LogP contribution is -2.78. The Kier molecular flexibility index (Phi) is 5.75. The minimum absolute atomic E-state index is 0. The summed E-state index contributed by atoms with van der Waals surface area (Å²) in [6.45, 7) is 1.97. The Labute approximate surface area is 234 Å². The number of phenolic OH excluding ortho intramolecular Hbond substituents is 1. The maximum atomic E-state index is 13.3. The van der Waals surface area contributed by atoms with E-state index in [2.05, 4.69) is 21.3 Å². The summed E-state index contributed by atoms with van der Waals surface area (Å²) in [7, 11) is 0. The maximum Gasteiger partial charge on any atom is 0.220 e. The van der Waals surface area contributed by atoms with E-state index < -0.39 is 11.0 Å². The lowest BCUT2D eigenvalue weighted by molar-refractivity contribution is -0.192. The number of H-pyrrole nitrogens is 1. The number of para-hydroxylation sites is 1. The van der Waals surface area contributed by atoms with Gasteiger partial charge in [0.15, 0.2) is 11.5 Å². The number of aromatic nitrogens is 1. The Morgan fingerprint density at radius 3 is 2.85 bits per heavy atom. The molecule has 39 heavy (non-hydrogen) atoms. The number of piperidine rings is 1. The number of aliphatic hydroxyl groups is 1. The molecule has 2 aliphatic heterocycles. The van der Waals surface area contributed by atoms with E-state index in [1.807, 2.05) is 30.5 Å². The molecule has 0 radical (unpaired) electrons. The number of nitrogens with zero attached hydrogens (tertiary/aromatic N) is 1. The van der Waals surface area contributed by atoms with Crippen molar-refractivity contribution in [1.29, 1.82) is 0 Å². The van der Waals surface area contributed by atoms with Gasteiger partial charge in [-0.1, -0.05) is 24.3 Å². The summed E-state index contributed by atoms with van der Waals surface area (Å²) in [6.07, 6.45) is 8.10. The molecule has 2 aromatic carbocycles. The number of nitrogens with one attached hydrogen (secondary N) is 2. The third kappa shape index (κ3) is 3.52. The molecule has 5 atom stereocenters. The first-order valence-corrected chi connectivity index (χ1v) is 14.3. The van der Waals surface area contributed by atoms with Gasteiger partial charge in [-0.3, -0.25) is 9.69 Å². The highest BCUT2D eigenvalue weighted by Crippen LogP contribution is 2.65. The van der Waals surface area contributed by atoms with Crippen molar-refractivity contribution < 1.29 is 19.7 Å². The third-order valence-corrected chi connectivity index (χ3v) is 10.4. The maximum absolute atomic E-state index is 13.3. The number of fused-ring (bicyclic) bond motifs is 1. The standard InChI is InChI=1S/C31H35N3O4.ClH/c35-24-9-7-19-15-25-31(37)12-11-23(33-26(36)10-8-20-16-32-22-4-2-1-3-21(20)22)29-30(31,27(19)28(24)38-29)13-14-34(25)17-18-5-6-18;/h1-4,7,9,16,18,23,25,29,32,35,37H,5-6,8,10-15,17H2,(H,33,36);1H/t23-,25+,29-,30-,31+;/m0./s1. The normalized spacial score (nSPS) is 32.3. The minimum Gasteiger partial charge on any atom is -0.504 e. The monoisotopic (exact) mass is 549 g/mol. The highest BCUT2D eigenvalue weighted by molar-refractivity contribution is 5.85. The molecule has 1 amide bonds. The number of rotatable bonds is 6. The zero-order valence-electron chi connectivity index (χ0n) is 22.0. The number of likely N-dealkylation sites (tertiary alicyclic amines) is 1. The number of hydrogen-bond donors (Lipinski definition) is 4. The van der Waals surface area contributed by atoms with E-state index in [0.29, 0.717) is 31.4 Å². The molecule has 1 saturated heterocycles. The average Bonchev–Trinajstić information content (AvgIpc) is 3.52. The first-order valence-electron chi connectivity index (χ1n) is 14.3. The quantitative estimate of drug-likeness (QED) is 0.373. The van der Waals surface area contributed by atoms with Crippen LogP contribution in [0.5, 0.6) is 11.5 Å². The highest BCUT2D eigenvalue weighted by atomic mass is 35.5. The second-order valence-corrected chi connectivity index (χ2v) is 12.4. The first kappa shape index (κ1) is 25.2. The molecule has 4 N–H and O–H groups in total. The van der Waals surface area contributed by atoms with Crippen molar-refractivity contribution >= 4 is 29.2 Å². The van der Waals surface area contributed by atoms with Crippen LogP contribution >= 0.6 is 12.4 Å². The zero-order valence-corrected chi connectivity index (χ0v) is 22.8. The lowest BCUT2D eigenvalue weighted by Gasteiger charge is -2.64. The Morgan fingerprint density at radius 1 is 1.15 bits per heavy atom. The number of halogens is 1. The van der Waals surface area contributed by atoms with Gasteiger partial charge in [0.1, 0.15) is 6.10 Å². The van der Waals surface area contributed by atoms with Crippen LogP contribution in [0, 0.1) is 5.92 Å². The van der Waals surface area contributed by atoms with E-state index in [0.717, 1.165) is 53.9 Å². The second-order valence-electron chi connectivity index (χ2n) is 12.4. The molecule has 3 aromatic rings. The van der Waals surface area contributed by atoms with Gasteiger partial charge < -0.3 is 25.3 Å². The summed E-state index contributed by atoms with van der Waals surface area (Å²) < 4.78 is 6.58. The van der Waals surface area contributed by atoms with E-state index in [1.165, 1.54) is 18.4 Å².